The van der Waals surface area contributed by atoms with Crippen molar-refractivity contribution in [3.8, 4) is 0 Å². The lowest BCUT2D eigenvalue weighted by Crippen LogP contribution is -2.39. The van der Waals surface area contributed by atoms with Gasteiger partial charge in [-0.2, -0.15) is 18.3 Å². The lowest BCUT2D eigenvalue weighted by molar-refractivity contribution is -0.138. The third-order valence-electron chi connectivity index (χ3n) is 3.70. The number of hydrogen-bond donors (Lipinski definition) is 1. The number of halogens is 3. The van der Waals surface area contributed by atoms with Crippen molar-refractivity contribution in [2.45, 2.75) is 19.3 Å². The molecule has 126 valence electrons. The highest BCUT2D eigenvalue weighted by atomic mass is 19.4. The molecule has 3 rings (SSSR count). The monoisotopic (exact) mass is 340 g/mol. The minimum atomic E-state index is -4.84. The number of benzene rings is 1. The van der Waals surface area contributed by atoms with Gasteiger partial charge in [-0.3, -0.25) is 4.79 Å². The topological polar surface area (TPSA) is 88.3 Å². The van der Waals surface area contributed by atoms with E-state index in [2.05, 4.69) is 10.1 Å². The standard InChI is InChI=1S/C14H11F3N4O3/c15-14(16,17)10-5-8(13(23)24)1-2-9(10)12(22)20-3-4-21-11(6-20)18-7-19-21/h1-2,5,7H,3-4,6H2,(H,23,24). The van der Waals surface area contributed by atoms with Crippen molar-refractivity contribution in [1.29, 1.82) is 0 Å². The first-order valence-corrected chi connectivity index (χ1v) is 6.88. The van der Waals surface area contributed by atoms with Crippen LogP contribution in [0.15, 0.2) is 24.5 Å². The average Bonchev–Trinajstić information content (AvgIpc) is 3.00. The first-order valence-electron chi connectivity index (χ1n) is 6.88. The molecule has 0 unspecified atom stereocenters. The molecule has 2 heterocycles. The van der Waals surface area contributed by atoms with E-state index in [9.17, 15) is 22.8 Å². The van der Waals surface area contributed by atoms with Crippen LogP contribution in [0.2, 0.25) is 0 Å². The van der Waals surface area contributed by atoms with Crippen LogP contribution in [-0.4, -0.2) is 43.2 Å². The van der Waals surface area contributed by atoms with Crippen molar-refractivity contribution in [3.63, 3.8) is 0 Å². The van der Waals surface area contributed by atoms with Crippen LogP contribution in [0, 0.1) is 0 Å². The summed E-state index contributed by atoms with van der Waals surface area (Å²) in [5.74, 6) is -1.84. The largest absolute Gasteiger partial charge is 0.478 e. The first kappa shape index (κ1) is 16.0. The van der Waals surface area contributed by atoms with Crippen molar-refractivity contribution >= 4 is 11.9 Å². The molecule has 10 heteroatoms. The maximum Gasteiger partial charge on any atom is 0.417 e. The summed E-state index contributed by atoms with van der Waals surface area (Å²) >= 11 is 0. The van der Waals surface area contributed by atoms with Crippen molar-refractivity contribution < 1.29 is 27.9 Å². The highest BCUT2D eigenvalue weighted by Gasteiger charge is 2.37. The molecule has 1 aromatic heterocycles. The summed E-state index contributed by atoms with van der Waals surface area (Å²) in [4.78, 5) is 28.6. The van der Waals surface area contributed by atoms with Gasteiger partial charge in [0, 0.05) is 6.54 Å². The number of nitrogens with zero attached hydrogens (tertiary/aromatic N) is 4. The van der Waals surface area contributed by atoms with Crippen LogP contribution in [0.25, 0.3) is 0 Å². The van der Waals surface area contributed by atoms with E-state index in [1.807, 2.05) is 0 Å². The molecule has 1 N–H and O–H groups in total. The van der Waals surface area contributed by atoms with Crippen molar-refractivity contribution in [1.82, 2.24) is 19.7 Å². The summed E-state index contributed by atoms with van der Waals surface area (Å²) in [6.07, 6.45) is -3.53. The molecule has 0 aliphatic carbocycles. The van der Waals surface area contributed by atoms with Crippen LogP contribution < -0.4 is 0 Å². The minimum absolute atomic E-state index is 0.0385. The molecule has 1 aliphatic rings. The summed E-state index contributed by atoms with van der Waals surface area (Å²) in [5, 5.41) is 12.8. The van der Waals surface area contributed by atoms with Gasteiger partial charge in [0.2, 0.25) is 0 Å². The fourth-order valence-electron chi connectivity index (χ4n) is 2.50. The second-order valence-electron chi connectivity index (χ2n) is 5.19. The Labute approximate surface area is 133 Å². The van der Waals surface area contributed by atoms with Crippen LogP contribution in [0.5, 0.6) is 0 Å². The summed E-state index contributed by atoms with van der Waals surface area (Å²) in [7, 11) is 0. The highest BCUT2D eigenvalue weighted by molar-refractivity contribution is 5.97. The molecule has 0 bridgehead atoms. The fourth-order valence-corrected chi connectivity index (χ4v) is 2.50. The Kier molecular flexibility index (Phi) is 3.74. The normalized spacial score (nSPS) is 14.4. The number of aromatic nitrogens is 3. The summed E-state index contributed by atoms with van der Waals surface area (Å²) < 4.78 is 41.2. The lowest BCUT2D eigenvalue weighted by Gasteiger charge is -2.27. The van der Waals surface area contributed by atoms with E-state index in [0.29, 0.717) is 18.4 Å². The third-order valence-corrected chi connectivity index (χ3v) is 3.70. The first-order chi connectivity index (χ1) is 11.3. The molecular formula is C14H11F3N4O3. The predicted molar refractivity (Wildman–Crippen MR) is 73.2 cm³/mol. The zero-order valence-corrected chi connectivity index (χ0v) is 12.1. The number of carboxylic acid groups (broad SMARTS) is 1. The number of rotatable bonds is 2. The number of amides is 1. The second-order valence-corrected chi connectivity index (χ2v) is 5.19. The van der Waals surface area contributed by atoms with E-state index in [1.165, 1.54) is 11.2 Å². The maximum atomic E-state index is 13.2. The molecule has 7 nitrogen and oxygen atoms in total. The molecule has 0 radical (unpaired) electrons. The quantitative estimate of drug-likeness (QED) is 0.898. The molecule has 0 spiro atoms. The predicted octanol–water partition coefficient (Wildman–Crippen LogP) is 1.65. The Morgan fingerprint density at radius 2 is 1.96 bits per heavy atom. The van der Waals surface area contributed by atoms with E-state index < -0.39 is 34.7 Å². The molecule has 0 fully saturated rings. The van der Waals surface area contributed by atoms with Crippen molar-refractivity contribution in [3.05, 3.63) is 47.0 Å². The molecule has 0 saturated carbocycles. The number of carbonyl (C=O) groups excluding carboxylic acids is 1. The smallest absolute Gasteiger partial charge is 0.417 e. The van der Waals surface area contributed by atoms with Crippen LogP contribution in [0.1, 0.15) is 32.1 Å². The third kappa shape index (κ3) is 2.82. The number of alkyl halides is 3. The van der Waals surface area contributed by atoms with Gasteiger partial charge in [-0.1, -0.05) is 0 Å². The van der Waals surface area contributed by atoms with Gasteiger partial charge >= 0.3 is 12.1 Å². The SMILES string of the molecule is O=C(O)c1ccc(C(=O)N2CCn3ncnc3C2)c(C(F)(F)F)c1. The highest BCUT2D eigenvalue weighted by Crippen LogP contribution is 2.33. The van der Waals surface area contributed by atoms with Gasteiger partial charge in [0.05, 0.1) is 29.8 Å². The van der Waals surface area contributed by atoms with Crippen molar-refractivity contribution in [2.75, 3.05) is 6.54 Å². The molecule has 0 saturated heterocycles. The Morgan fingerprint density at radius 1 is 1.21 bits per heavy atom. The van der Waals surface area contributed by atoms with Crippen LogP contribution in [-0.2, 0) is 19.3 Å². The van der Waals surface area contributed by atoms with Gasteiger partial charge < -0.3 is 10.0 Å². The number of carbonyl (C=O) groups is 2. The van der Waals surface area contributed by atoms with Gasteiger partial charge in [-0.15, -0.1) is 0 Å². The Morgan fingerprint density at radius 3 is 2.62 bits per heavy atom. The maximum absolute atomic E-state index is 13.2. The molecule has 24 heavy (non-hydrogen) atoms. The lowest BCUT2D eigenvalue weighted by atomic mass is 10.0. The average molecular weight is 340 g/mol. The van der Waals surface area contributed by atoms with Gasteiger partial charge in [-0.25, -0.2) is 14.5 Å². The summed E-state index contributed by atoms with van der Waals surface area (Å²) in [5.41, 5.74) is -2.38. The number of aromatic carboxylic acids is 1. The molecule has 1 aliphatic heterocycles. The van der Waals surface area contributed by atoms with E-state index in [4.69, 9.17) is 5.11 Å². The number of hydrogen-bond acceptors (Lipinski definition) is 4. The van der Waals surface area contributed by atoms with E-state index in [0.717, 1.165) is 12.1 Å². The van der Waals surface area contributed by atoms with Crippen LogP contribution in [0.3, 0.4) is 0 Å². The molecule has 1 aromatic carbocycles. The Bertz CT molecular complexity index is 816. The molecule has 2 aromatic rings. The second kappa shape index (κ2) is 5.62. The number of carboxylic acids is 1. The Hall–Kier alpha value is -2.91. The van der Waals surface area contributed by atoms with Gasteiger partial charge in [-0.05, 0) is 18.2 Å². The number of fused-ring (bicyclic) bond motifs is 1. The minimum Gasteiger partial charge on any atom is -0.478 e. The molecule has 0 atom stereocenters. The van der Waals surface area contributed by atoms with Gasteiger partial charge in [0.25, 0.3) is 5.91 Å². The van der Waals surface area contributed by atoms with E-state index >= 15 is 0 Å². The molecular weight excluding hydrogens is 329 g/mol. The van der Waals surface area contributed by atoms with E-state index in [1.54, 1.807) is 4.68 Å². The molecule has 1 amide bonds. The van der Waals surface area contributed by atoms with Crippen LogP contribution >= 0.6 is 0 Å². The Balaban J connectivity index is 1.97. The zero-order chi connectivity index (χ0) is 17.5. The summed E-state index contributed by atoms with van der Waals surface area (Å²) in [6, 6.07) is 2.35. The van der Waals surface area contributed by atoms with Crippen molar-refractivity contribution in [2.24, 2.45) is 0 Å². The van der Waals surface area contributed by atoms with Gasteiger partial charge in [0.1, 0.15) is 12.2 Å². The van der Waals surface area contributed by atoms with Gasteiger partial charge in [0.15, 0.2) is 0 Å². The van der Waals surface area contributed by atoms with E-state index in [-0.39, 0.29) is 13.1 Å². The summed E-state index contributed by atoms with van der Waals surface area (Å²) in [6.45, 7) is 0.555. The zero-order valence-electron chi connectivity index (χ0n) is 12.1. The van der Waals surface area contributed by atoms with Crippen LogP contribution in [0.4, 0.5) is 13.2 Å². The fraction of sp³-hybridized carbons (Fsp3) is 0.286.